The molecule has 0 aliphatic carbocycles. The van der Waals surface area contributed by atoms with Crippen LogP contribution in [0.4, 0.5) is 0 Å². The van der Waals surface area contributed by atoms with E-state index in [1.54, 1.807) is 24.3 Å². The molecule has 0 saturated heterocycles. The molecule has 1 unspecified atom stereocenters. The number of aliphatic hydroxyl groups excluding tert-OH is 1. The summed E-state index contributed by atoms with van der Waals surface area (Å²) < 4.78 is 10.1. The molecule has 122 valence electrons. The van der Waals surface area contributed by atoms with E-state index in [-0.39, 0.29) is 12.6 Å². The van der Waals surface area contributed by atoms with Gasteiger partial charge in [-0.1, -0.05) is 30.3 Å². The largest absolute Gasteiger partial charge is 0.491 e. The first kappa shape index (κ1) is 17.0. The Bertz CT molecular complexity index is 598. The summed E-state index contributed by atoms with van der Waals surface area (Å²) >= 11 is 0. The molecule has 5 nitrogen and oxygen atoms in total. The zero-order valence-electron chi connectivity index (χ0n) is 13.1. The molecule has 0 aromatic heterocycles. The van der Waals surface area contributed by atoms with Gasteiger partial charge in [0.05, 0.1) is 12.7 Å². The van der Waals surface area contributed by atoms with Crippen LogP contribution in [0.2, 0.25) is 0 Å². The first-order valence-corrected chi connectivity index (χ1v) is 7.43. The second-order valence-electron chi connectivity index (χ2n) is 5.10. The van der Waals surface area contributed by atoms with Crippen molar-refractivity contribution in [1.82, 2.24) is 5.32 Å². The Morgan fingerprint density at radius 2 is 1.83 bits per heavy atom. The van der Waals surface area contributed by atoms with Crippen molar-refractivity contribution < 1.29 is 19.4 Å². The minimum atomic E-state index is -0.612. The molecule has 23 heavy (non-hydrogen) atoms. The number of benzene rings is 2. The van der Waals surface area contributed by atoms with E-state index in [2.05, 4.69) is 10.1 Å². The maximum atomic E-state index is 11.3. The van der Waals surface area contributed by atoms with Crippen molar-refractivity contribution in [2.75, 3.05) is 20.3 Å². The molecule has 0 saturated carbocycles. The predicted molar refractivity (Wildman–Crippen MR) is 87.4 cm³/mol. The number of rotatable bonds is 8. The summed E-state index contributed by atoms with van der Waals surface area (Å²) in [4.78, 5) is 11.3. The Labute approximate surface area is 135 Å². The fourth-order valence-corrected chi connectivity index (χ4v) is 2.04. The Morgan fingerprint density at radius 1 is 1.13 bits per heavy atom. The summed E-state index contributed by atoms with van der Waals surface area (Å²) in [5.74, 6) is 0.210. The SMILES string of the molecule is COC(=O)c1ccc(OCC(O)CNCc2ccccc2)cc1. The molecule has 1 atom stereocenters. The molecule has 0 spiro atoms. The molecule has 5 heteroatoms. The molecule has 0 heterocycles. The van der Waals surface area contributed by atoms with Crippen LogP contribution in [0.1, 0.15) is 15.9 Å². The first-order chi connectivity index (χ1) is 11.2. The van der Waals surface area contributed by atoms with Gasteiger partial charge in [0.15, 0.2) is 0 Å². The summed E-state index contributed by atoms with van der Waals surface area (Å²) in [6.07, 6.45) is -0.612. The fourth-order valence-electron chi connectivity index (χ4n) is 2.04. The summed E-state index contributed by atoms with van der Waals surface area (Å²) in [7, 11) is 1.34. The monoisotopic (exact) mass is 315 g/mol. The number of ether oxygens (including phenoxy) is 2. The van der Waals surface area contributed by atoms with E-state index in [9.17, 15) is 9.90 Å². The highest BCUT2D eigenvalue weighted by Gasteiger charge is 2.07. The summed E-state index contributed by atoms with van der Waals surface area (Å²) in [6.45, 7) is 1.32. The second kappa shape index (κ2) is 8.92. The molecule has 0 bridgehead atoms. The standard InChI is InChI=1S/C18H21NO4/c1-22-18(21)15-7-9-17(10-8-15)23-13-16(20)12-19-11-14-5-3-2-4-6-14/h2-10,16,19-20H,11-13H2,1H3. The minimum absolute atomic E-state index is 0.180. The van der Waals surface area contributed by atoms with E-state index >= 15 is 0 Å². The lowest BCUT2D eigenvalue weighted by Crippen LogP contribution is -2.31. The second-order valence-corrected chi connectivity index (χ2v) is 5.10. The third-order valence-corrected chi connectivity index (χ3v) is 3.27. The van der Waals surface area contributed by atoms with E-state index in [1.807, 2.05) is 30.3 Å². The van der Waals surface area contributed by atoms with Gasteiger partial charge in [0, 0.05) is 13.1 Å². The average molecular weight is 315 g/mol. The fraction of sp³-hybridized carbons (Fsp3) is 0.278. The van der Waals surface area contributed by atoms with Crippen LogP contribution in [-0.4, -0.2) is 37.4 Å². The Morgan fingerprint density at radius 3 is 2.48 bits per heavy atom. The molecule has 0 fully saturated rings. The highest BCUT2D eigenvalue weighted by molar-refractivity contribution is 5.89. The van der Waals surface area contributed by atoms with Gasteiger partial charge in [0.1, 0.15) is 18.5 Å². The van der Waals surface area contributed by atoms with Crippen LogP contribution in [-0.2, 0) is 11.3 Å². The van der Waals surface area contributed by atoms with Crippen molar-refractivity contribution in [3.05, 3.63) is 65.7 Å². The molecule has 0 radical (unpaired) electrons. The van der Waals surface area contributed by atoms with Crippen molar-refractivity contribution in [1.29, 1.82) is 0 Å². The van der Waals surface area contributed by atoms with E-state index in [1.165, 1.54) is 12.7 Å². The topological polar surface area (TPSA) is 67.8 Å². The van der Waals surface area contributed by atoms with E-state index in [0.29, 0.717) is 24.4 Å². The molecule has 2 N–H and O–H groups in total. The number of carbonyl (C=O) groups excluding carboxylic acids is 1. The van der Waals surface area contributed by atoms with E-state index in [4.69, 9.17) is 4.74 Å². The molecule has 0 aliphatic heterocycles. The Kier molecular flexibility index (Phi) is 6.59. The molecule has 2 rings (SSSR count). The van der Waals surface area contributed by atoms with Crippen molar-refractivity contribution >= 4 is 5.97 Å². The van der Waals surface area contributed by atoms with Gasteiger partial charge in [-0.25, -0.2) is 4.79 Å². The maximum absolute atomic E-state index is 11.3. The number of carbonyl (C=O) groups is 1. The molecule has 0 aliphatic rings. The highest BCUT2D eigenvalue weighted by atomic mass is 16.5. The zero-order valence-corrected chi connectivity index (χ0v) is 13.1. The molecular weight excluding hydrogens is 294 g/mol. The quantitative estimate of drug-likeness (QED) is 0.729. The number of hydrogen-bond donors (Lipinski definition) is 2. The zero-order chi connectivity index (χ0) is 16.5. The van der Waals surface area contributed by atoms with Gasteiger partial charge in [-0.2, -0.15) is 0 Å². The average Bonchev–Trinajstić information content (AvgIpc) is 2.60. The third-order valence-electron chi connectivity index (χ3n) is 3.27. The summed E-state index contributed by atoms with van der Waals surface area (Å²) in [5.41, 5.74) is 1.63. The lowest BCUT2D eigenvalue weighted by Gasteiger charge is -2.13. The molecule has 0 amide bonds. The Balaban J connectivity index is 1.69. The van der Waals surface area contributed by atoms with Gasteiger partial charge < -0.3 is 19.9 Å². The molecule has 2 aromatic carbocycles. The first-order valence-electron chi connectivity index (χ1n) is 7.43. The lowest BCUT2D eigenvalue weighted by molar-refractivity contribution is 0.0600. The van der Waals surface area contributed by atoms with Crippen LogP contribution in [0.25, 0.3) is 0 Å². The maximum Gasteiger partial charge on any atom is 0.337 e. The van der Waals surface area contributed by atoms with Gasteiger partial charge in [-0.3, -0.25) is 0 Å². The predicted octanol–water partition coefficient (Wildman–Crippen LogP) is 2.00. The van der Waals surface area contributed by atoms with Crippen LogP contribution >= 0.6 is 0 Å². The van der Waals surface area contributed by atoms with Crippen LogP contribution < -0.4 is 10.1 Å². The van der Waals surface area contributed by atoms with Crippen molar-refractivity contribution in [2.24, 2.45) is 0 Å². The summed E-state index contributed by atoms with van der Waals surface area (Å²) in [5, 5.41) is 13.1. The van der Waals surface area contributed by atoms with E-state index < -0.39 is 6.10 Å². The van der Waals surface area contributed by atoms with Gasteiger partial charge in [0.2, 0.25) is 0 Å². The normalized spacial score (nSPS) is 11.7. The Hall–Kier alpha value is -2.37. The van der Waals surface area contributed by atoms with E-state index in [0.717, 1.165) is 0 Å². The number of esters is 1. The van der Waals surface area contributed by atoms with Crippen LogP contribution in [0.15, 0.2) is 54.6 Å². The van der Waals surface area contributed by atoms with Gasteiger partial charge in [-0.05, 0) is 29.8 Å². The van der Waals surface area contributed by atoms with Crippen molar-refractivity contribution in [3.8, 4) is 5.75 Å². The van der Waals surface area contributed by atoms with Gasteiger partial charge >= 0.3 is 5.97 Å². The van der Waals surface area contributed by atoms with Crippen molar-refractivity contribution in [2.45, 2.75) is 12.6 Å². The minimum Gasteiger partial charge on any atom is -0.491 e. The number of nitrogens with one attached hydrogen (secondary N) is 1. The van der Waals surface area contributed by atoms with Crippen molar-refractivity contribution in [3.63, 3.8) is 0 Å². The smallest absolute Gasteiger partial charge is 0.337 e. The highest BCUT2D eigenvalue weighted by Crippen LogP contribution is 2.13. The van der Waals surface area contributed by atoms with Crippen LogP contribution in [0.3, 0.4) is 0 Å². The van der Waals surface area contributed by atoms with Crippen LogP contribution in [0, 0.1) is 0 Å². The third kappa shape index (κ3) is 5.73. The summed E-state index contributed by atoms with van der Waals surface area (Å²) in [6, 6.07) is 16.6. The van der Waals surface area contributed by atoms with Crippen LogP contribution in [0.5, 0.6) is 5.75 Å². The number of methoxy groups -OCH3 is 1. The number of hydrogen-bond acceptors (Lipinski definition) is 5. The molecule has 2 aromatic rings. The van der Waals surface area contributed by atoms with Gasteiger partial charge in [0.25, 0.3) is 0 Å². The molecular formula is C18H21NO4. The lowest BCUT2D eigenvalue weighted by atomic mass is 10.2. The van der Waals surface area contributed by atoms with Gasteiger partial charge in [-0.15, -0.1) is 0 Å². The number of aliphatic hydroxyl groups is 1.